The SMILES string of the molecule is COCCNc1nncc(Nc2ccc(N3CCCC3)cc2)n1. The number of methoxy groups -OCH3 is 1. The first kappa shape index (κ1) is 15.5. The molecule has 0 atom stereocenters. The Hall–Kier alpha value is -2.41. The minimum absolute atomic E-state index is 0.487. The van der Waals surface area contributed by atoms with Gasteiger partial charge in [0.2, 0.25) is 5.95 Å². The van der Waals surface area contributed by atoms with Crippen LogP contribution in [0.3, 0.4) is 0 Å². The fraction of sp³-hybridized carbons (Fsp3) is 0.438. The van der Waals surface area contributed by atoms with Crippen LogP contribution in [0.2, 0.25) is 0 Å². The van der Waals surface area contributed by atoms with Gasteiger partial charge in [0.1, 0.15) is 0 Å². The Morgan fingerprint density at radius 3 is 2.70 bits per heavy atom. The van der Waals surface area contributed by atoms with Crippen molar-refractivity contribution >= 4 is 23.1 Å². The standard InChI is InChI=1S/C16H22N6O/c1-23-11-8-17-16-20-15(12-18-21-16)19-13-4-6-14(7-5-13)22-9-2-3-10-22/h4-7,12H,2-3,8-11H2,1H3,(H2,17,19,20,21). The fourth-order valence-corrected chi connectivity index (χ4v) is 2.58. The second-order valence-electron chi connectivity index (χ2n) is 5.45. The largest absolute Gasteiger partial charge is 0.383 e. The molecule has 3 rings (SSSR count). The summed E-state index contributed by atoms with van der Waals surface area (Å²) >= 11 is 0. The second-order valence-corrected chi connectivity index (χ2v) is 5.45. The molecule has 23 heavy (non-hydrogen) atoms. The van der Waals surface area contributed by atoms with E-state index in [2.05, 4.69) is 55.0 Å². The maximum atomic E-state index is 4.98. The minimum atomic E-state index is 0.487. The molecule has 2 heterocycles. The number of hydrogen-bond acceptors (Lipinski definition) is 7. The first-order valence-electron chi connectivity index (χ1n) is 7.90. The summed E-state index contributed by atoms with van der Waals surface area (Å²) in [6, 6.07) is 8.40. The highest BCUT2D eigenvalue weighted by atomic mass is 16.5. The van der Waals surface area contributed by atoms with Gasteiger partial charge >= 0.3 is 0 Å². The summed E-state index contributed by atoms with van der Waals surface area (Å²) in [5.74, 6) is 1.15. The van der Waals surface area contributed by atoms with Gasteiger partial charge in [0.15, 0.2) is 5.82 Å². The summed E-state index contributed by atoms with van der Waals surface area (Å²) in [4.78, 5) is 6.79. The molecule has 1 aliphatic rings. The van der Waals surface area contributed by atoms with Crippen LogP contribution in [0, 0.1) is 0 Å². The molecule has 0 unspecified atom stereocenters. The lowest BCUT2D eigenvalue weighted by molar-refractivity contribution is 0.210. The van der Waals surface area contributed by atoms with Crippen LogP contribution < -0.4 is 15.5 Å². The number of hydrogen-bond donors (Lipinski definition) is 2. The topological polar surface area (TPSA) is 75.2 Å². The molecule has 1 aliphatic heterocycles. The van der Waals surface area contributed by atoms with Crippen molar-refractivity contribution in [3.63, 3.8) is 0 Å². The lowest BCUT2D eigenvalue weighted by Gasteiger charge is -2.17. The number of nitrogens with one attached hydrogen (secondary N) is 2. The number of aromatic nitrogens is 3. The van der Waals surface area contributed by atoms with Crippen LogP contribution >= 0.6 is 0 Å². The lowest BCUT2D eigenvalue weighted by atomic mass is 10.2. The first-order valence-corrected chi connectivity index (χ1v) is 7.90. The predicted molar refractivity (Wildman–Crippen MR) is 91.4 cm³/mol. The zero-order valence-corrected chi connectivity index (χ0v) is 13.3. The maximum absolute atomic E-state index is 4.98. The van der Waals surface area contributed by atoms with Gasteiger partial charge in [-0.3, -0.25) is 0 Å². The van der Waals surface area contributed by atoms with Gasteiger partial charge < -0.3 is 20.3 Å². The van der Waals surface area contributed by atoms with Crippen LogP contribution in [0.1, 0.15) is 12.8 Å². The summed E-state index contributed by atoms with van der Waals surface area (Å²) in [6.45, 7) is 3.55. The van der Waals surface area contributed by atoms with Crippen LogP contribution in [0.4, 0.5) is 23.1 Å². The van der Waals surface area contributed by atoms with Crippen molar-refractivity contribution in [3.05, 3.63) is 30.5 Å². The van der Waals surface area contributed by atoms with E-state index in [4.69, 9.17) is 4.74 Å². The van der Waals surface area contributed by atoms with E-state index < -0.39 is 0 Å². The van der Waals surface area contributed by atoms with Gasteiger partial charge in [-0.25, -0.2) is 0 Å². The van der Waals surface area contributed by atoms with Crippen molar-refractivity contribution in [2.45, 2.75) is 12.8 Å². The van der Waals surface area contributed by atoms with Crippen molar-refractivity contribution in [3.8, 4) is 0 Å². The van der Waals surface area contributed by atoms with Crippen LogP contribution in [0.5, 0.6) is 0 Å². The molecular weight excluding hydrogens is 292 g/mol. The molecular formula is C16H22N6O. The smallest absolute Gasteiger partial charge is 0.244 e. The third-order valence-corrected chi connectivity index (χ3v) is 3.76. The summed E-state index contributed by atoms with van der Waals surface area (Å²) < 4.78 is 4.98. The zero-order valence-electron chi connectivity index (χ0n) is 13.3. The van der Waals surface area contributed by atoms with Crippen molar-refractivity contribution in [1.82, 2.24) is 15.2 Å². The lowest BCUT2D eigenvalue weighted by Crippen LogP contribution is -2.17. The Morgan fingerprint density at radius 2 is 1.96 bits per heavy atom. The fourth-order valence-electron chi connectivity index (χ4n) is 2.58. The molecule has 0 bridgehead atoms. The molecule has 0 saturated carbocycles. The zero-order chi connectivity index (χ0) is 15.9. The van der Waals surface area contributed by atoms with E-state index in [1.54, 1.807) is 13.3 Å². The molecule has 2 N–H and O–H groups in total. The van der Waals surface area contributed by atoms with Gasteiger partial charge in [-0.15, -0.1) is 5.10 Å². The molecule has 2 aromatic rings. The Balaban J connectivity index is 1.61. The minimum Gasteiger partial charge on any atom is -0.383 e. The van der Waals surface area contributed by atoms with E-state index in [1.807, 2.05) is 0 Å². The van der Waals surface area contributed by atoms with Gasteiger partial charge in [0.05, 0.1) is 12.8 Å². The highest BCUT2D eigenvalue weighted by molar-refractivity contribution is 5.61. The molecule has 7 heteroatoms. The Labute approximate surface area is 136 Å². The van der Waals surface area contributed by atoms with Gasteiger partial charge in [0, 0.05) is 38.1 Å². The van der Waals surface area contributed by atoms with Crippen LogP contribution in [-0.4, -0.2) is 48.5 Å². The Kier molecular flexibility index (Phi) is 5.21. The first-order chi connectivity index (χ1) is 11.3. The maximum Gasteiger partial charge on any atom is 0.244 e. The van der Waals surface area contributed by atoms with E-state index in [0.29, 0.717) is 24.9 Å². The number of nitrogens with zero attached hydrogens (tertiary/aromatic N) is 4. The van der Waals surface area contributed by atoms with E-state index in [1.165, 1.54) is 18.5 Å². The molecule has 1 aromatic carbocycles. The highest BCUT2D eigenvalue weighted by Crippen LogP contribution is 2.23. The van der Waals surface area contributed by atoms with Gasteiger partial charge in [0.25, 0.3) is 0 Å². The molecule has 1 aromatic heterocycles. The quantitative estimate of drug-likeness (QED) is 0.759. The molecule has 0 amide bonds. The second kappa shape index (κ2) is 7.73. The van der Waals surface area contributed by atoms with E-state index in [-0.39, 0.29) is 0 Å². The predicted octanol–water partition coefficient (Wildman–Crippen LogP) is 2.27. The normalized spacial score (nSPS) is 14.0. The Morgan fingerprint density at radius 1 is 1.17 bits per heavy atom. The van der Waals surface area contributed by atoms with E-state index in [0.717, 1.165) is 18.8 Å². The summed E-state index contributed by atoms with van der Waals surface area (Å²) in [5.41, 5.74) is 2.26. The van der Waals surface area contributed by atoms with Crippen molar-refractivity contribution in [2.24, 2.45) is 0 Å². The average Bonchev–Trinajstić information content (AvgIpc) is 3.11. The molecule has 0 aliphatic carbocycles. The van der Waals surface area contributed by atoms with Gasteiger partial charge in [-0.05, 0) is 37.1 Å². The molecule has 1 saturated heterocycles. The number of rotatable bonds is 7. The summed E-state index contributed by atoms with van der Waals surface area (Å²) in [6.07, 6.45) is 4.17. The molecule has 7 nitrogen and oxygen atoms in total. The summed E-state index contributed by atoms with van der Waals surface area (Å²) in [7, 11) is 1.66. The third-order valence-electron chi connectivity index (χ3n) is 3.76. The molecule has 1 fully saturated rings. The third kappa shape index (κ3) is 4.29. The number of benzene rings is 1. The summed E-state index contributed by atoms with van der Waals surface area (Å²) in [5, 5.41) is 14.2. The van der Waals surface area contributed by atoms with Crippen LogP contribution in [0.25, 0.3) is 0 Å². The Bertz CT molecular complexity index is 612. The monoisotopic (exact) mass is 314 g/mol. The van der Waals surface area contributed by atoms with Crippen molar-refractivity contribution in [1.29, 1.82) is 0 Å². The highest BCUT2D eigenvalue weighted by Gasteiger charge is 2.11. The van der Waals surface area contributed by atoms with E-state index in [9.17, 15) is 0 Å². The average molecular weight is 314 g/mol. The van der Waals surface area contributed by atoms with Crippen LogP contribution in [-0.2, 0) is 4.74 Å². The van der Waals surface area contributed by atoms with E-state index >= 15 is 0 Å². The number of ether oxygens (including phenoxy) is 1. The molecule has 0 spiro atoms. The molecule has 122 valence electrons. The van der Waals surface area contributed by atoms with Crippen LogP contribution in [0.15, 0.2) is 30.5 Å². The van der Waals surface area contributed by atoms with Crippen molar-refractivity contribution in [2.75, 3.05) is 48.9 Å². The van der Waals surface area contributed by atoms with Crippen molar-refractivity contribution < 1.29 is 4.74 Å². The van der Waals surface area contributed by atoms with Gasteiger partial charge in [-0.2, -0.15) is 10.1 Å². The van der Waals surface area contributed by atoms with Gasteiger partial charge in [-0.1, -0.05) is 0 Å². The number of anilines is 4. The molecule has 0 radical (unpaired) electrons.